The molecule has 0 spiro atoms. The van der Waals surface area contributed by atoms with Gasteiger partial charge in [0.25, 0.3) is 0 Å². The van der Waals surface area contributed by atoms with Gasteiger partial charge in [-0.25, -0.2) is 0 Å². The molecule has 2 heteroatoms. The van der Waals surface area contributed by atoms with E-state index in [0.717, 1.165) is 10.4 Å². The van der Waals surface area contributed by atoms with Crippen LogP contribution in [0.5, 0.6) is 0 Å². The van der Waals surface area contributed by atoms with E-state index in [4.69, 9.17) is 0 Å². The highest BCUT2D eigenvalue weighted by atomic mass is 32.1. The van der Waals surface area contributed by atoms with Crippen LogP contribution < -0.4 is 0 Å². The van der Waals surface area contributed by atoms with E-state index in [1.807, 2.05) is 23.6 Å². The number of hydrogen-bond acceptors (Lipinski definition) is 2. The van der Waals surface area contributed by atoms with E-state index in [1.165, 1.54) is 11.1 Å². The van der Waals surface area contributed by atoms with Crippen LogP contribution in [-0.2, 0) is 0 Å². The molecule has 1 aromatic heterocycles. The van der Waals surface area contributed by atoms with Gasteiger partial charge < -0.3 is 5.11 Å². The Labute approximate surface area is 80.3 Å². The highest BCUT2D eigenvalue weighted by molar-refractivity contribution is 7.10. The van der Waals surface area contributed by atoms with E-state index < -0.39 is 6.10 Å². The van der Waals surface area contributed by atoms with Crippen molar-refractivity contribution in [3.63, 3.8) is 0 Å². The smallest absolute Gasteiger partial charge is 0.114 e. The van der Waals surface area contributed by atoms with Crippen LogP contribution in [0.25, 0.3) is 11.1 Å². The summed E-state index contributed by atoms with van der Waals surface area (Å²) in [4.78, 5) is 1.08. The van der Waals surface area contributed by atoms with E-state index in [0.29, 0.717) is 0 Å². The topological polar surface area (TPSA) is 20.2 Å². The van der Waals surface area contributed by atoms with E-state index in [2.05, 4.69) is 12.1 Å². The SMILES string of the molecule is OC1c2ccccc2-c2ccsc21. The first-order chi connectivity index (χ1) is 6.38. The quantitative estimate of drug-likeness (QED) is 0.674. The lowest BCUT2D eigenvalue weighted by Crippen LogP contribution is -1.90. The molecule has 1 heterocycles. The van der Waals surface area contributed by atoms with Gasteiger partial charge in [0.05, 0.1) is 0 Å². The fourth-order valence-electron chi connectivity index (χ4n) is 1.88. The molecule has 1 aliphatic carbocycles. The van der Waals surface area contributed by atoms with Crippen LogP contribution >= 0.6 is 11.3 Å². The fraction of sp³-hybridized carbons (Fsp3) is 0.0909. The highest BCUT2D eigenvalue weighted by Gasteiger charge is 2.27. The summed E-state index contributed by atoms with van der Waals surface area (Å²) in [6.07, 6.45) is -0.397. The summed E-state index contributed by atoms with van der Waals surface area (Å²) < 4.78 is 0. The number of aliphatic hydroxyl groups is 1. The molecule has 64 valence electrons. The Balaban J connectivity index is 2.37. The molecule has 0 saturated carbocycles. The molecular weight excluding hydrogens is 180 g/mol. The maximum atomic E-state index is 9.93. The second kappa shape index (κ2) is 2.44. The third-order valence-electron chi connectivity index (χ3n) is 2.49. The molecule has 1 aliphatic rings. The molecule has 0 bridgehead atoms. The Morgan fingerprint density at radius 2 is 1.92 bits per heavy atom. The molecule has 13 heavy (non-hydrogen) atoms. The number of fused-ring (bicyclic) bond motifs is 3. The lowest BCUT2D eigenvalue weighted by molar-refractivity contribution is 0.229. The monoisotopic (exact) mass is 188 g/mol. The van der Waals surface area contributed by atoms with Crippen molar-refractivity contribution < 1.29 is 5.11 Å². The van der Waals surface area contributed by atoms with Crippen LogP contribution in [0, 0.1) is 0 Å². The molecule has 1 N–H and O–H groups in total. The number of thiophene rings is 1. The van der Waals surface area contributed by atoms with Gasteiger partial charge in [0.1, 0.15) is 6.10 Å². The van der Waals surface area contributed by atoms with Crippen molar-refractivity contribution in [1.82, 2.24) is 0 Å². The van der Waals surface area contributed by atoms with Gasteiger partial charge in [-0.15, -0.1) is 11.3 Å². The zero-order chi connectivity index (χ0) is 8.84. The lowest BCUT2D eigenvalue weighted by Gasteiger charge is -2.02. The van der Waals surface area contributed by atoms with Gasteiger partial charge in [0.15, 0.2) is 0 Å². The maximum Gasteiger partial charge on any atom is 0.114 e. The molecule has 0 fully saturated rings. The second-order valence-electron chi connectivity index (χ2n) is 3.19. The van der Waals surface area contributed by atoms with Crippen molar-refractivity contribution in [2.45, 2.75) is 6.10 Å². The summed E-state index contributed by atoms with van der Waals surface area (Å²) in [5.41, 5.74) is 3.43. The number of aliphatic hydroxyl groups excluding tert-OH is 1. The van der Waals surface area contributed by atoms with Gasteiger partial charge in [-0.3, -0.25) is 0 Å². The van der Waals surface area contributed by atoms with Crippen molar-refractivity contribution in [3.8, 4) is 11.1 Å². The zero-order valence-corrected chi connectivity index (χ0v) is 7.71. The van der Waals surface area contributed by atoms with Crippen molar-refractivity contribution in [2.75, 3.05) is 0 Å². The van der Waals surface area contributed by atoms with Crippen LogP contribution in [0.4, 0.5) is 0 Å². The van der Waals surface area contributed by atoms with Crippen molar-refractivity contribution in [3.05, 3.63) is 46.2 Å². The van der Waals surface area contributed by atoms with Crippen molar-refractivity contribution in [2.24, 2.45) is 0 Å². The Kier molecular flexibility index (Phi) is 1.37. The third-order valence-corrected chi connectivity index (χ3v) is 3.46. The van der Waals surface area contributed by atoms with E-state index in [-0.39, 0.29) is 0 Å². The molecule has 1 aromatic carbocycles. The first kappa shape index (κ1) is 7.30. The molecular formula is C11H8OS. The largest absolute Gasteiger partial charge is 0.383 e. The average Bonchev–Trinajstić information content (AvgIpc) is 2.72. The summed E-state index contributed by atoms with van der Waals surface area (Å²) in [7, 11) is 0. The van der Waals surface area contributed by atoms with Gasteiger partial charge in [0, 0.05) is 4.88 Å². The highest BCUT2D eigenvalue weighted by Crippen LogP contribution is 2.45. The van der Waals surface area contributed by atoms with Crippen LogP contribution in [-0.4, -0.2) is 5.11 Å². The van der Waals surface area contributed by atoms with Gasteiger partial charge >= 0.3 is 0 Å². The maximum absolute atomic E-state index is 9.93. The summed E-state index contributed by atoms with van der Waals surface area (Å²) in [5, 5.41) is 12.0. The zero-order valence-electron chi connectivity index (χ0n) is 6.90. The molecule has 0 saturated heterocycles. The van der Waals surface area contributed by atoms with E-state index >= 15 is 0 Å². The second-order valence-corrected chi connectivity index (χ2v) is 4.14. The fourth-order valence-corrected chi connectivity index (χ4v) is 2.79. The average molecular weight is 188 g/mol. The molecule has 1 nitrogen and oxygen atoms in total. The first-order valence-electron chi connectivity index (χ1n) is 4.22. The molecule has 3 rings (SSSR count). The number of rotatable bonds is 0. The van der Waals surface area contributed by atoms with Crippen LogP contribution in [0.2, 0.25) is 0 Å². The van der Waals surface area contributed by atoms with Gasteiger partial charge in [-0.1, -0.05) is 24.3 Å². The predicted octanol–water partition coefficient (Wildman–Crippen LogP) is 2.81. The van der Waals surface area contributed by atoms with Gasteiger partial charge in [-0.2, -0.15) is 0 Å². The predicted molar refractivity (Wildman–Crippen MR) is 53.8 cm³/mol. The summed E-state index contributed by atoms with van der Waals surface area (Å²) >= 11 is 1.63. The first-order valence-corrected chi connectivity index (χ1v) is 5.10. The summed E-state index contributed by atoms with van der Waals surface area (Å²) in [6, 6.07) is 10.1. The van der Waals surface area contributed by atoms with Crippen LogP contribution in [0.3, 0.4) is 0 Å². The lowest BCUT2D eigenvalue weighted by atomic mass is 10.1. The standard InChI is InChI=1S/C11H8OS/c12-10-8-4-2-1-3-7(8)9-5-6-13-11(9)10/h1-6,10,12H. The van der Waals surface area contributed by atoms with E-state index in [1.54, 1.807) is 11.3 Å². The van der Waals surface area contributed by atoms with E-state index in [9.17, 15) is 5.11 Å². The Morgan fingerprint density at radius 3 is 2.85 bits per heavy atom. The van der Waals surface area contributed by atoms with Crippen LogP contribution in [0.15, 0.2) is 35.7 Å². The normalized spacial score (nSPS) is 18.4. The molecule has 2 aromatic rings. The van der Waals surface area contributed by atoms with Gasteiger partial charge in [-0.05, 0) is 28.1 Å². The van der Waals surface area contributed by atoms with Crippen molar-refractivity contribution >= 4 is 11.3 Å². The minimum atomic E-state index is -0.397. The number of hydrogen-bond donors (Lipinski definition) is 1. The van der Waals surface area contributed by atoms with Gasteiger partial charge in [0.2, 0.25) is 0 Å². The molecule has 1 unspecified atom stereocenters. The molecule has 0 amide bonds. The molecule has 0 aliphatic heterocycles. The minimum Gasteiger partial charge on any atom is -0.383 e. The third kappa shape index (κ3) is 0.844. The summed E-state index contributed by atoms with van der Waals surface area (Å²) in [6.45, 7) is 0. The Bertz CT molecular complexity index is 459. The van der Waals surface area contributed by atoms with Crippen LogP contribution in [0.1, 0.15) is 16.5 Å². The Morgan fingerprint density at radius 1 is 1.08 bits per heavy atom. The molecule has 0 radical (unpaired) electrons. The summed E-state index contributed by atoms with van der Waals surface area (Å²) in [5.74, 6) is 0. The minimum absolute atomic E-state index is 0.397. The Hall–Kier alpha value is -1.12. The van der Waals surface area contributed by atoms with Crippen molar-refractivity contribution in [1.29, 1.82) is 0 Å². The molecule has 1 atom stereocenters. The number of benzene rings is 1.